The van der Waals surface area contributed by atoms with Crippen LogP contribution in [-0.2, 0) is 13.6 Å². The molecule has 3 heterocycles. The molecule has 224 valence electrons. The van der Waals surface area contributed by atoms with Crippen molar-refractivity contribution in [3.63, 3.8) is 0 Å². The number of anilines is 1. The van der Waals surface area contributed by atoms with E-state index in [1.807, 2.05) is 44.3 Å². The molecule has 2 aromatic rings. The Hall–Kier alpha value is -4.09. The van der Waals surface area contributed by atoms with E-state index in [1.165, 1.54) is 17.5 Å². The number of fused-ring (bicyclic) bond motifs is 1. The van der Waals surface area contributed by atoms with Crippen LogP contribution in [0.1, 0.15) is 85.1 Å². The van der Waals surface area contributed by atoms with E-state index in [1.54, 1.807) is 25.1 Å². The molecule has 0 bridgehead atoms. The van der Waals surface area contributed by atoms with Crippen LogP contribution < -0.4 is 16.4 Å². The Morgan fingerprint density at radius 3 is 2.64 bits per heavy atom. The first-order chi connectivity index (χ1) is 20.2. The number of nitrogens with zero attached hydrogens (tertiary/aromatic N) is 4. The molecule has 1 aromatic heterocycles. The van der Waals surface area contributed by atoms with Crippen molar-refractivity contribution in [2.45, 2.75) is 71.9 Å². The molecule has 0 fully saturated rings. The van der Waals surface area contributed by atoms with Gasteiger partial charge in [0.15, 0.2) is 6.04 Å². The van der Waals surface area contributed by atoms with Gasteiger partial charge < -0.3 is 25.8 Å². The molecule has 1 amide bonds. The Morgan fingerprint density at radius 1 is 1.21 bits per heavy atom. The summed E-state index contributed by atoms with van der Waals surface area (Å²) in [6.07, 6.45) is 12.0. The number of dihydropyridines is 1. The number of allylic oxidation sites excluding steroid dienone is 2. The zero-order valence-electron chi connectivity index (χ0n) is 26.3. The minimum absolute atomic E-state index is 0.0368. The molecular formula is C34H47N7O. The first kappa shape index (κ1) is 32.4. The van der Waals surface area contributed by atoms with Crippen LogP contribution in [0, 0.1) is 18.3 Å². The number of aliphatic imine (C=N–C) groups is 1. The van der Waals surface area contributed by atoms with Crippen molar-refractivity contribution >= 4 is 23.1 Å². The largest absolute Gasteiger partial charge is 0.384 e. The number of aromatic nitrogens is 1. The Balaban J connectivity index is 0.00000237. The summed E-state index contributed by atoms with van der Waals surface area (Å²) in [5, 5.41) is 16.7. The number of hydrogen-bond donors (Lipinski definition) is 3. The zero-order valence-corrected chi connectivity index (χ0v) is 26.3. The average Bonchev–Trinajstić information content (AvgIpc) is 3.32. The van der Waals surface area contributed by atoms with Crippen LogP contribution in [0.5, 0.6) is 0 Å². The van der Waals surface area contributed by atoms with Crippen LogP contribution in [0.15, 0.2) is 59.3 Å². The summed E-state index contributed by atoms with van der Waals surface area (Å²) in [5.74, 6) is 1.85. The van der Waals surface area contributed by atoms with Crippen molar-refractivity contribution in [1.82, 2.24) is 14.8 Å². The van der Waals surface area contributed by atoms with Crippen LogP contribution in [0.2, 0.25) is 0 Å². The smallest absolute Gasteiger partial charge is 0.253 e. The predicted octanol–water partition coefficient (Wildman–Crippen LogP) is 6.03. The second-order valence-electron chi connectivity index (χ2n) is 10.8. The average molecular weight is 570 g/mol. The molecule has 4 N–H and O–H groups in total. The highest BCUT2D eigenvalue weighted by atomic mass is 16.2. The number of nitrogens with two attached hydrogens (primary N) is 1. The zero-order chi connectivity index (χ0) is 30.8. The molecule has 8 heteroatoms. The predicted molar refractivity (Wildman–Crippen MR) is 174 cm³/mol. The maximum absolute atomic E-state index is 12.4. The molecule has 2 atom stereocenters. The first-order valence-electron chi connectivity index (χ1n) is 15.0. The Labute approximate surface area is 251 Å². The number of benzene rings is 1. The van der Waals surface area contributed by atoms with E-state index >= 15 is 0 Å². The molecule has 0 radical (unpaired) electrons. The van der Waals surface area contributed by atoms with E-state index in [9.17, 15) is 10.1 Å². The third-order valence-corrected chi connectivity index (χ3v) is 7.78. The lowest BCUT2D eigenvalue weighted by molar-refractivity contribution is 0.0827. The van der Waals surface area contributed by atoms with E-state index < -0.39 is 6.04 Å². The molecule has 4 rings (SSSR count). The summed E-state index contributed by atoms with van der Waals surface area (Å²) in [7, 11) is 5.63. The molecule has 0 spiro atoms. The van der Waals surface area contributed by atoms with Crippen molar-refractivity contribution < 1.29 is 4.79 Å². The lowest BCUT2D eigenvalue weighted by atomic mass is 9.87. The van der Waals surface area contributed by atoms with Gasteiger partial charge in [-0.15, -0.1) is 0 Å². The second kappa shape index (κ2) is 15.2. The van der Waals surface area contributed by atoms with Gasteiger partial charge in [-0.05, 0) is 84.9 Å². The number of amides is 1. The number of nitrogens with one attached hydrogen (secondary N) is 2. The molecule has 2 aliphatic rings. The number of aryl methyl sites for hydroxylation is 1. The number of hydrogen-bond acceptors (Lipinski definition) is 6. The van der Waals surface area contributed by atoms with Crippen LogP contribution >= 0.6 is 0 Å². The Kier molecular flexibility index (Phi) is 11.8. The van der Waals surface area contributed by atoms with E-state index in [4.69, 9.17) is 5.73 Å². The molecule has 1 aromatic carbocycles. The minimum Gasteiger partial charge on any atom is -0.384 e. The van der Waals surface area contributed by atoms with E-state index in [0.717, 1.165) is 66.1 Å². The van der Waals surface area contributed by atoms with Gasteiger partial charge >= 0.3 is 0 Å². The number of carbonyl (C=O) groups excluding carboxylic acids is 1. The summed E-state index contributed by atoms with van der Waals surface area (Å²) in [6.45, 7) is 9.96. The summed E-state index contributed by atoms with van der Waals surface area (Å²) in [6, 6.07) is 9.98. The van der Waals surface area contributed by atoms with Crippen molar-refractivity contribution in [2.24, 2.45) is 17.8 Å². The van der Waals surface area contributed by atoms with Gasteiger partial charge in [0.05, 0.1) is 6.07 Å². The number of carbonyl (C=O) groups is 1. The second-order valence-corrected chi connectivity index (χ2v) is 10.8. The van der Waals surface area contributed by atoms with Gasteiger partial charge in [-0.3, -0.25) is 4.79 Å². The first-order valence-corrected chi connectivity index (χ1v) is 15.0. The van der Waals surface area contributed by atoms with Gasteiger partial charge in [0.2, 0.25) is 0 Å². The molecule has 0 saturated carbocycles. The third-order valence-electron chi connectivity index (χ3n) is 7.78. The van der Waals surface area contributed by atoms with E-state index in [-0.39, 0.29) is 5.91 Å². The normalized spacial score (nSPS) is 17.8. The fraction of sp³-hybridized carbons (Fsp3) is 0.441. The topological polar surface area (TPSA) is 111 Å². The minimum atomic E-state index is -0.615. The van der Waals surface area contributed by atoms with E-state index in [0.29, 0.717) is 11.8 Å². The van der Waals surface area contributed by atoms with Crippen molar-refractivity contribution in [3.8, 4) is 6.07 Å². The number of rotatable bonds is 10. The summed E-state index contributed by atoms with van der Waals surface area (Å²) < 4.78 is 2.16. The van der Waals surface area contributed by atoms with Crippen molar-refractivity contribution in [3.05, 3.63) is 82.2 Å². The van der Waals surface area contributed by atoms with E-state index in [2.05, 4.69) is 59.3 Å². The number of amidine groups is 1. The molecule has 0 saturated heterocycles. The summed E-state index contributed by atoms with van der Waals surface area (Å²) >= 11 is 0. The monoisotopic (exact) mass is 569 g/mol. The molecule has 8 nitrogen and oxygen atoms in total. The maximum atomic E-state index is 12.4. The standard InChI is InChI=1S/C32H41N7O.C2H6/c1-6-7-8-22(25-10-9-23(17-21(25)2)32(40)38(3)4)13-15-35-20-24-18-28-26(14-16-36-31(28)39(24)5)27-11-12-30(34)37-29(27)19-33;1-2/h9-12,14,16-18,22,29,35-36H,6-8,13,15,20H2,1-5H3,(H2,34,37);1-2H3/b27-26+;. The van der Waals surface area contributed by atoms with Crippen LogP contribution in [0.25, 0.3) is 5.57 Å². The lowest BCUT2D eigenvalue weighted by Gasteiger charge is -2.21. The van der Waals surface area contributed by atoms with Gasteiger partial charge in [-0.25, -0.2) is 4.99 Å². The summed E-state index contributed by atoms with van der Waals surface area (Å²) in [5.41, 5.74) is 13.1. The maximum Gasteiger partial charge on any atom is 0.253 e. The lowest BCUT2D eigenvalue weighted by Crippen LogP contribution is -2.22. The molecule has 0 aliphatic carbocycles. The molecule has 2 aliphatic heterocycles. The Bertz CT molecular complexity index is 1420. The Morgan fingerprint density at radius 2 is 1.98 bits per heavy atom. The highest BCUT2D eigenvalue weighted by Crippen LogP contribution is 2.36. The fourth-order valence-corrected chi connectivity index (χ4v) is 5.54. The van der Waals surface area contributed by atoms with Gasteiger partial charge in [-0.1, -0.05) is 45.8 Å². The van der Waals surface area contributed by atoms with Gasteiger partial charge in [0.1, 0.15) is 11.7 Å². The third kappa shape index (κ3) is 7.40. The quantitative estimate of drug-likeness (QED) is 0.303. The highest BCUT2D eigenvalue weighted by molar-refractivity contribution is 5.97. The summed E-state index contributed by atoms with van der Waals surface area (Å²) in [4.78, 5) is 18.4. The van der Waals surface area contributed by atoms with Crippen LogP contribution in [-0.4, -0.2) is 47.9 Å². The number of unbranched alkanes of at least 4 members (excludes halogenated alkanes) is 1. The van der Waals surface area contributed by atoms with Gasteiger partial charge in [0.25, 0.3) is 5.91 Å². The fourth-order valence-electron chi connectivity index (χ4n) is 5.54. The van der Waals surface area contributed by atoms with Gasteiger partial charge in [-0.2, -0.15) is 5.26 Å². The van der Waals surface area contributed by atoms with Crippen LogP contribution in [0.3, 0.4) is 0 Å². The molecule has 42 heavy (non-hydrogen) atoms. The SMILES string of the molecule is CC.CCCCC(CCNCc1cc2c(n1C)NC=C/C2=C1/C=CC(N)=NC1C#N)c1ccc(C(=O)N(C)C)cc1C. The van der Waals surface area contributed by atoms with Gasteiger partial charge in [0, 0.05) is 50.7 Å². The van der Waals surface area contributed by atoms with Crippen molar-refractivity contribution in [1.29, 1.82) is 5.26 Å². The molecular weight excluding hydrogens is 522 g/mol. The van der Waals surface area contributed by atoms with Crippen molar-refractivity contribution in [2.75, 3.05) is 26.0 Å². The highest BCUT2D eigenvalue weighted by Gasteiger charge is 2.24. The van der Waals surface area contributed by atoms with Crippen LogP contribution in [0.4, 0.5) is 5.82 Å². The number of nitriles is 1. The molecule has 2 unspecified atom stereocenters.